The molecular weight excluding hydrogens is 215 g/mol. The molecule has 1 aliphatic rings. The van der Waals surface area contributed by atoms with Crippen LogP contribution in [0.15, 0.2) is 0 Å². The summed E-state index contributed by atoms with van der Waals surface area (Å²) in [7, 11) is 0. The minimum absolute atomic E-state index is 0.438. The number of nitrogens with two attached hydrogens (primary N) is 1. The van der Waals surface area contributed by atoms with Crippen molar-refractivity contribution in [3.05, 3.63) is 0 Å². The first kappa shape index (κ1) is 14.2. The van der Waals surface area contributed by atoms with Crippen molar-refractivity contribution in [2.75, 3.05) is 6.54 Å². The molecule has 0 atom stereocenters. The molecule has 15 heavy (non-hydrogen) atoms. The quantitative estimate of drug-likeness (QED) is 0.623. The van der Waals surface area contributed by atoms with Crippen LogP contribution in [0, 0.1) is 0 Å². The molecule has 0 radical (unpaired) electrons. The van der Waals surface area contributed by atoms with Crippen LogP contribution in [0.4, 0.5) is 13.2 Å². The van der Waals surface area contributed by atoms with Crippen molar-refractivity contribution in [1.82, 2.24) is 0 Å². The van der Waals surface area contributed by atoms with Gasteiger partial charge in [-0.3, -0.25) is 0 Å². The molecule has 4 nitrogen and oxygen atoms in total. The fraction of sp³-hybridized carbons (Fsp3) is 0.875. The SMILES string of the molecule is NCC1(O)CCCC1.O=C(O)C(F)(F)F. The van der Waals surface area contributed by atoms with Gasteiger partial charge in [0, 0.05) is 6.54 Å². The number of carbonyl (C=O) groups is 1. The van der Waals surface area contributed by atoms with Crippen molar-refractivity contribution in [2.45, 2.75) is 37.5 Å². The Morgan fingerprint density at radius 2 is 1.67 bits per heavy atom. The van der Waals surface area contributed by atoms with Crippen LogP contribution in [0.3, 0.4) is 0 Å². The van der Waals surface area contributed by atoms with Crippen molar-refractivity contribution in [3.63, 3.8) is 0 Å². The second-order valence-electron chi connectivity index (χ2n) is 3.44. The third kappa shape index (κ3) is 5.58. The molecule has 0 aromatic heterocycles. The smallest absolute Gasteiger partial charge is 0.475 e. The lowest BCUT2D eigenvalue weighted by atomic mass is 10.0. The Morgan fingerprint density at radius 1 is 1.33 bits per heavy atom. The number of aliphatic carboxylic acids is 1. The third-order valence-electron chi connectivity index (χ3n) is 2.16. The average molecular weight is 229 g/mol. The van der Waals surface area contributed by atoms with Crippen molar-refractivity contribution >= 4 is 5.97 Å². The molecule has 0 saturated heterocycles. The maximum Gasteiger partial charge on any atom is 0.490 e. The van der Waals surface area contributed by atoms with Gasteiger partial charge < -0.3 is 15.9 Å². The molecule has 0 aromatic rings. The van der Waals surface area contributed by atoms with Crippen LogP contribution in [0.5, 0.6) is 0 Å². The number of carboxylic acid groups (broad SMARTS) is 1. The molecular formula is C8H14F3NO3. The van der Waals surface area contributed by atoms with Gasteiger partial charge in [-0.05, 0) is 12.8 Å². The highest BCUT2D eigenvalue weighted by Gasteiger charge is 2.38. The first-order valence-corrected chi connectivity index (χ1v) is 4.44. The van der Waals surface area contributed by atoms with Gasteiger partial charge in [0.1, 0.15) is 0 Å². The zero-order chi connectivity index (χ0) is 12.1. The molecule has 0 aliphatic heterocycles. The van der Waals surface area contributed by atoms with Crippen molar-refractivity contribution in [1.29, 1.82) is 0 Å². The van der Waals surface area contributed by atoms with Crippen molar-refractivity contribution in [3.8, 4) is 0 Å². The standard InChI is InChI=1S/C6H13NO.C2HF3O2/c7-5-6(8)3-1-2-4-6;3-2(4,5)1(6)7/h8H,1-5,7H2;(H,6,7). The minimum Gasteiger partial charge on any atom is -0.475 e. The molecule has 0 unspecified atom stereocenters. The summed E-state index contributed by atoms with van der Waals surface area (Å²) < 4.78 is 31.7. The van der Waals surface area contributed by atoms with Crippen LogP contribution in [-0.4, -0.2) is 34.5 Å². The monoisotopic (exact) mass is 229 g/mol. The highest BCUT2D eigenvalue weighted by atomic mass is 19.4. The van der Waals surface area contributed by atoms with E-state index in [1.807, 2.05) is 0 Å². The summed E-state index contributed by atoms with van der Waals surface area (Å²) >= 11 is 0. The second-order valence-corrected chi connectivity index (χ2v) is 3.44. The van der Waals surface area contributed by atoms with E-state index in [4.69, 9.17) is 15.6 Å². The Labute approximate surface area is 84.9 Å². The number of carboxylic acids is 1. The van der Waals surface area contributed by atoms with Crippen LogP contribution in [0.2, 0.25) is 0 Å². The number of aliphatic hydroxyl groups is 1. The van der Waals surface area contributed by atoms with E-state index in [1.54, 1.807) is 0 Å². The number of hydrogen-bond donors (Lipinski definition) is 3. The van der Waals surface area contributed by atoms with E-state index in [0.29, 0.717) is 6.54 Å². The van der Waals surface area contributed by atoms with Gasteiger partial charge in [-0.15, -0.1) is 0 Å². The topological polar surface area (TPSA) is 83.5 Å². The first-order chi connectivity index (χ1) is 6.71. The van der Waals surface area contributed by atoms with E-state index < -0.39 is 17.7 Å². The van der Waals surface area contributed by atoms with Crippen LogP contribution in [0.25, 0.3) is 0 Å². The maximum absolute atomic E-state index is 10.6. The Kier molecular flexibility index (Phi) is 5.02. The summed E-state index contributed by atoms with van der Waals surface area (Å²) in [5.41, 5.74) is 4.83. The summed E-state index contributed by atoms with van der Waals surface area (Å²) in [5.74, 6) is -2.76. The second kappa shape index (κ2) is 5.32. The molecule has 90 valence electrons. The molecule has 0 heterocycles. The average Bonchev–Trinajstić information content (AvgIpc) is 2.52. The van der Waals surface area contributed by atoms with Crippen LogP contribution in [0.1, 0.15) is 25.7 Å². The molecule has 0 bridgehead atoms. The van der Waals surface area contributed by atoms with E-state index in [0.717, 1.165) is 25.7 Å². The normalized spacial score (nSPS) is 19.3. The Bertz CT molecular complexity index is 212. The molecule has 1 aliphatic carbocycles. The van der Waals surface area contributed by atoms with Crippen LogP contribution in [-0.2, 0) is 4.79 Å². The van der Waals surface area contributed by atoms with Gasteiger partial charge >= 0.3 is 12.1 Å². The Balaban J connectivity index is 0.000000265. The van der Waals surface area contributed by atoms with Crippen LogP contribution >= 0.6 is 0 Å². The fourth-order valence-electron chi connectivity index (χ4n) is 1.24. The molecule has 4 N–H and O–H groups in total. The fourth-order valence-corrected chi connectivity index (χ4v) is 1.24. The van der Waals surface area contributed by atoms with Crippen molar-refractivity contribution < 1.29 is 28.2 Å². The Morgan fingerprint density at radius 3 is 1.80 bits per heavy atom. The minimum atomic E-state index is -5.08. The van der Waals surface area contributed by atoms with Gasteiger partial charge in [0.25, 0.3) is 0 Å². The summed E-state index contributed by atoms with van der Waals surface area (Å²) in [5, 5.41) is 16.5. The van der Waals surface area contributed by atoms with Gasteiger partial charge in [-0.25, -0.2) is 4.79 Å². The predicted molar refractivity (Wildman–Crippen MR) is 46.2 cm³/mol. The zero-order valence-electron chi connectivity index (χ0n) is 8.05. The molecule has 1 saturated carbocycles. The lowest BCUT2D eigenvalue weighted by molar-refractivity contribution is -0.192. The van der Waals surface area contributed by atoms with Crippen molar-refractivity contribution in [2.24, 2.45) is 5.73 Å². The van der Waals surface area contributed by atoms with Gasteiger partial charge in [0.15, 0.2) is 0 Å². The summed E-state index contributed by atoms with van der Waals surface area (Å²) in [4.78, 5) is 8.90. The summed E-state index contributed by atoms with van der Waals surface area (Å²) in [6.45, 7) is 0.438. The van der Waals surface area contributed by atoms with E-state index in [1.165, 1.54) is 0 Å². The third-order valence-corrected chi connectivity index (χ3v) is 2.16. The number of hydrogen-bond acceptors (Lipinski definition) is 3. The number of alkyl halides is 3. The number of rotatable bonds is 1. The largest absolute Gasteiger partial charge is 0.490 e. The molecule has 0 aromatic carbocycles. The van der Waals surface area contributed by atoms with E-state index >= 15 is 0 Å². The van der Waals surface area contributed by atoms with E-state index in [-0.39, 0.29) is 0 Å². The van der Waals surface area contributed by atoms with Crippen LogP contribution < -0.4 is 5.73 Å². The van der Waals surface area contributed by atoms with E-state index in [9.17, 15) is 18.3 Å². The van der Waals surface area contributed by atoms with Gasteiger partial charge in [-0.2, -0.15) is 13.2 Å². The molecule has 1 rings (SSSR count). The maximum atomic E-state index is 10.6. The lowest BCUT2D eigenvalue weighted by Gasteiger charge is -2.18. The zero-order valence-corrected chi connectivity index (χ0v) is 8.05. The molecule has 0 spiro atoms. The predicted octanol–water partition coefficient (Wildman–Crippen LogP) is 0.883. The highest BCUT2D eigenvalue weighted by Crippen LogP contribution is 2.27. The first-order valence-electron chi connectivity index (χ1n) is 4.44. The van der Waals surface area contributed by atoms with Gasteiger partial charge in [0.2, 0.25) is 0 Å². The summed E-state index contributed by atoms with van der Waals surface area (Å²) in [6.07, 6.45) is -0.978. The lowest BCUT2D eigenvalue weighted by Crippen LogP contribution is -2.33. The summed E-state index contributed by atoms with van der Waals surface area (Å²) in [6, 6.07) is 0. The number of halogens is 3. The highest BCUT2D eigenvalue weighted by molar-refractivity contribution is 5.73. The van der Waals surface area contributed by atoms with Gasteiger partial charge in [-0.1, -0.05) is 12.8 Å². The van der Waals surface area contributed by atoms with E-state index in [2.05, 4.69) is 0 Å². The van der Waals surface area contributed by atoms with Gasteiger partial charge in [0.05, 0.1) is 5.60 Å². The molecule has 7 heteroatoms. The molecule has 0 amide bonds. The Hall–Kier alpha value is -0.820. The molecule has 1 fully saturated rings.